The number of thiophene rings is 1. The van der Waals surface area contributed by atoms with Crippen molar-refractivity contribution in [3.8, 4) is 5.75 Å². The Balaban J connectivity index is 2.54. The van der Waals surface area contributed by atoms with Crippen molar-refractivity contribution in [2.75, 3.05) is 7.11 Å². The van der Waals surface area contributed by atoms with Gasteiger partial charge in [-0.3, -0.25) is 4.79 Å². The molecule has 2 nitrogen and oxygen atoms in total. The SMILES string of the molecule is COc1cc(C)cc(C)c1C(=O)c1cc(Br)cs1. The van der Waals surface area contributed by atoms with Gasteiger partial charge < -0.3 is 4.74 Å². The molecule has 0 aliphatic rings. The molecule has 1 heterocycles. The van der Waals surface area contributed by atoms with Crippen molar-refractivity contribution in [3.63, 3.8) is 0 Å². The summed E-state index contributed by atoms with van der Waals surface area (Å²) in [5.74, 6) is 0.655. The van der Waals surface area contributed by atoms with Crippen LogP contribution in [0.25, 0.3) is 0 Å². The van der Waals surface area contributed by atoms with Gasteiger partial charge >= 0.3 is 0 Å². The molecule has 0 spiro atoms. The molecule has 0 saturated heterocycles. The summed E-state index contributed by atoms with van der Waals surface area (Å²) in [6.07, 6.45) is 0. The number of rotatable bonds is 3. The molecule has 2 rings (SSSR count). The Bertz CT molecular complexity index is 602. The molecule has 0 atom stereocenters. The van der Waals surface area contributed by atoms with E-state index in [4.69, 9.17) is 4.74 Å². The molecule has 0 amide bonds. The predicted molar refractivity (Wildman–Crippen MR) is 77.9 cm³/mol. The highest BCUT2D eigenvalue weighted by Gasteiger charge is 2.19. The quantitative estimate of drug-likeness (QED) is 0.784. The Morgan fingerprint density at radius 1 is 1.28 bits per heavy atom. The van der Waals surface area contributed by atoms with E-state index in [1.165, 1.54) is 11.3 Å². The van der Waals surface area contributed by atoms with Crippen LogP contribution in [0.4, 0.5) is 0 Å². The zero-order chi connectivity index (χ0) is 13.3. The molecule has 94 valence electrons. The minimum absolute atomic E-state index is 0.0139. The number of benzene rings is 1. The number of aryl methyl sites for hydroxylation is 2. The van der Waals surface area contributed by atoms with Crippen molar-refractivity contribution in [3.05, 3.63) is 49.6 Å². The number of ether oxygens (including phenoxy) is 1. The highest BCUT2D eigenvalue weighted by molar-refractivity contribution is 9.10. The first-order valence-corrected chi connectivity index (χ1v) is 7.14. The largest absolute Gasteiger partial charge is 0.496 e. The summed E-state index contributed by atoms with van der Waals surface area (Å²) in [6.45, 7) is 3.93. The average molecular weight is 325 g/mol. The fraction of sp³-hybridized carbons (Fsp3) is 0.214. The first-order chi connectivity index (χ1) is 8.52. The predicted octanol–water partition coefficient (Wildman–Crippen LogP) is 4.37. The molecule has 0 aliphatic carbocycles. The van der Waals surface area contributed by atoms with Gasteiger partial charge in [0, 0.05) is 9.85 Å². The molecule has 4 heteroatoms. The summed E-state index contributed by atoms with van der Waals surface area (Å²) in [5.41, 5.74) is 2.69. The van der Waals surface area contributed by atoms with Crippen LogP contribution in [0.1, 0.15) is 26.4 Å². The van der Waals surface area contributed by atoms with E-state index in [9.17, 15) is 4.79 Å². The van der Waals surface area contributed by atoms with Crippen LogP contribution in [-0.4, -0.2) is 12.9 Å². The van der Waals surface area contributed by atoms with Crippen molar-refractivity contribution in [1.82, 2.24) is 0 Å². The third kappa shape index (κ3) is 2.49. The van der Waals surface area contributed by atoms with Crippen LogP contribution in [0.2, 0.25) is 0 Å². The van der Waals surface area contributed by atoms with Crippen LogP contribution in [-0.2, 0) is 0 Å². The van der Waals surface area contributed by atoms with Crippen molar-refractivity contribution in [2.45, 2.75) is 13.8 Å². The van der Waals surface area contributed by atoms with Gasteiger partial charge in [0.2, 0.25) is 5.78 Å². The number of ketones is 1. The fourth-order valence-electron chi connectivity index (χ4n) is 1.94. The van der Waals surface area contributed by atoms with Gasteiger partial charge in [-0.1, -0.05) is 6.07 Å². The second-order valence-corrected chi connectivity index (χ2v) is 5.94. The maximum Gasteiger partial charge on any atom is 0.206 e. The molecule has 0 radical (unpaired) electrons. The number of carbonyl (C=O) groups is 1. The van der Waals surface area contributed by atoms with E-state index in [0.29, 0.717) is 16.2 Å². The van der Waals surface area contributed by atoms with Crippen LogP contribution in [0, 0.1) is 13.8 Å². The molecule has 1 aromatic heterocycles. The lowest BCUT2D eigenvalue weighted by Crippen LogP contribution is -2.05. The van der Waals surface area contributed by atoms with Crippen LogP contribution in [0.3, 0.4) is 0 Å². The van der Waals surface area contributed by atoms with Gasteiger partial charge in [0.05, 0.1) is 17.6 Å². The Morgan fingerprint density at radius 3 is 2.56 bits per heavy atom. The number of hydrogen-bond acceptors (Lipinski definition) is 3. The molecular weight excluding hydrogens is 312 g/mol. The molecule has 0 fully saturated rings. The van der Waals surface area contributed by atoms with Crippen molar-refractivity contribution >= 4 is 33.0 Å². The topological polar surface area (TPSA) is 26.3 Å². The summed E-state index contributed by atoms with van der Waals surface area (Å²) < 4.78 is 6.26. The molecule has 0 aliphatic heterocycles. The maximum atomic E-state index is 12.5. The van der Waals surface area contributed by atoms with Crippen LogP contribution in [0.15, 0.2) is 28.1 Å². The first kappa shape index (κ1) is 13.3. The van der Waals surface area contributed by atoms with E-state index in [-0.39, 0.29) is 5.78 Å². The van der Waals surface area contributed by atoms with Gasteiger partial charge in [-0.2, -0.15) is 0 Å². The summed E-state index contributed by atoms with van der Waals surface area (Å²) >= 11 is 4.80. The number of methoxy groups -OCH3 is 1. The van der Waals surface area contributed by atoms with Crippen molar-refractivity contribution < 1.29 is 9.53 Å². The van der Waals surface area contributed by atoms with Gasteiger partial charge in [-0.25, -0.2) is 0 Å². The Morgan fingerprint density at radius 2 is 2.00 bits per heavy atom. The maximum absolute atomic E-state index is 12.5. The molecular formula is C14H13BrO2S. The molecule has 0 bridgehead atoms. The standard InChI is InChI=1S/C14H13BrO2S/c1-8-4-9(2)13(11(5-8)17-3)14(16)12-6-10(15)7-18-12/h4-7H,1-3H3. The minimum atomic E-state index is 0.0139. The van der Waals surface area contributed by atoms with Crippen molar-refractivity contribution in [1.29, 1.82) is 0 Å². The Kier molecular flexibility index (Phi) is 3.88. The average Bonchev–Trinajstić information content (AvgIpc) is 2.74. The van der Waals surface area contributed by atoms with E-state index >= 15 is 0 Å². The van der Waals surface area contributed by atoms with E-state index in [1.807, 2.05) is 37.4 Å². The second kappa shape index (κ2) is 5.24. The number of carbonyl (C=O) groups excluding carboxylic acids is 1. The van der Waals surface area contributed by atoms with E-state index in [1.54, 1.807) is 7.11 Å². The molecule has 18 heavy (non-hydrogen) atoms. The molecule has 1 aromatic carbocycles. The van der Waals surface area contributed by atoms with Gasteiger partial charge in [-0.05, 0) is 53.0 Å². The Labute approximate surface area is 119 Å². The highest BCUT2D eigenvalue weighted by atomic mass is 79.9. The van der Waals surface area contributed by atoms with Crippen LogP contribution in [0.5, 0.6) is 5.75 Å². The zero-order valence-electron chi connectivity index (χ0n) is 10.4. The summed E-state index contributed by atoms with van der Waals surface area (Å²) in [6, 6.07) is 5.73. The zero-order valence-corrected chi connectivity index (χ0v) is 12.8. The van der Waals surface area contributed by atoms with Crippen LogP contribution >= 0.6 is 27.3 Å². The van der Waals surface area contributed by atoms with Crippen LogP contribution < -0.4 is 4.74 Å². The number of hydrogen-bond donors (Lipinski definition) is 0. The van der Waals surface area contributed by atoms with E-state index in [0.717, 1.165) is 15.6 Å². The molecule has 0 unspecified atom stereocenters. The Hall–Kier alpha value is -1.13. The second-order valence-electron chi connectivity index (χ2n) is 4.12. The molecule has 0 N–H and O–H groups in total. The lowest BCUT2D eigenvalue weighted by atomic mass is 10.00. The summed E-state index contributed by atoms with van der Waals surface area (Å²) in [7, 11) is 1.59. The van der Waals surface area contributed by atoms with E-state index in [2.05, 4.69) is 15.9 Å². The van der Waals surface area contributed by atoms with Crippen molar-refractivity contribution in [2.24, 2.45) is 0 Å². The lowest BCUT2D eigenvalue weighted by Gasteiger charge is -2.11. The third-order valence-corrected chi connectivity index (χ3v) is 4.37. The van der Waals surface area contributed by atoms with E-state index < -0.39 is 0 Å². The first-order valence-electron chi connectivity index (χ1n) is 5.47. The summed E-state index contributed by atoms with van der Waals surface area (Å²) in [4.78, 5) is 13.2. The fourth-order valence-corrected chi connectivity index (χ4v) is 3.31. The summed E-state index contributed by atoms with van der Waals surface area (Å²) in [5, 5.41) is 1.91. The minimum Gasteiger partial charge on any atom is -0.496 e. The third-order valence-electron chi connectivity index (χ3n) is 2.68. The van der Waals surface area contributed by atoms with Gasteiger partial charge in [-0.15, -0.1) is 11.3 Å². The lowest BCUT2D eigenvalue weighted by molar-refractivity contribution is 0.103. The van der Waals surface area contributed by atoms with Gasteiger partial charge in [0.25, 0.3) is 0 Å². The molecule has 0 saturated carbocycles. The highest BCUT2D eigenvalue weighted by Crippen LogP contribution is 2.29. The smallest absolute Gasteiger partial charge is 0.206 e. The monoisotopic (exact) mass is 324 g/mol. The van der Waals surface area contributed by atoms with Gasteiger partial charge in [0.1, 0.15) is 5.75 Å². The van der Waals surface area contributed by atoms with Gasteiger partial charge in [0.15, 0.2) is 0 Å². The number of halogens is 1. The normalized spacial score (nSPS) is 10.4. The molecule has 2 aromatic rings.